The van der Waals surface area contributed by atoms with Crippen molar-refractivity contribution in [1.82, 2.24) is 14.5 Å². The largest absolute Gasteiger partial charge is 0.331 e. The molecule has 4 rings (SSSR count). The van der Waals surface area contributed by atoms with E-state index in [2.05, 4.69) is 81.3 Å². The Labute approximate surface area is 169 Å². The molecule has 1 atom stereocenters. The maximum absolute atomic E-state index is 4.60. The third kappa shape index (κ3) is 4.90. The molecular weight excluding hydrogens is 342 g/mol. The standard InChI is InChI=1S/C25H31N3/c1-3-10-22(11-4-1)12-9-19-27-18-8-7-15-24(27)16-20-28-21-17-26-25(28)23-13-5-2-6-14-23/h1-6,10-11,13-14,17,21,24H,7-9,12,15-16,18-20H2. The highest BCUT2D eigenvalue weighted by molar-refractivity contribution is 5.55. The summed E-state index contributed by atoms with van der Waals surface area (Å²) in [5.41, 5.74) is 2.66. The second-order valence-corrected chi connectivity index (χ2v) is 7.87. The molecule has 28 heavy (non-hydrogen) atoms. The van der Waals surface area contributed by atoms with E-state index in [9.17, 15) is 0 Å². The number of imidazole rings is 1. The number of aromatic nitrogens is 2. The molecule has 2 heterocycles. The van der Waals surface area contributed by atoms with Crippen molar-refractivity contribution in [3.05, 3.63) is 78.6 Å². The van der Waals surface area contributed by atoms with Crippen molar-refractivity contribution >= 4 is 0 Å². The average Bonchev–Trinajstić information content (AvgIpc) is 3.23. The smallest absolute Gasteiger partial charge is 0.139 e. The van der Waals surface area contributed by atoms with Crippen molar-refractivity contribution in [2.75, 3.05) is 13.1 Å². The third-order valence-corrected chi connectivity index (χ3v) is 5.95. The molecule has 1 saturated heterocycles. The fraction of sp³-hybridized carbons (Fsp3) is 0.400. The normalized spacial score (nSPS) is 17.6. The highest BCUT2D eigenvalue weighted by atomic mass is 15.2. The van der Waals surface area contributed by atoms with Gasteiger partial charge >= 0.3 is 0 Å². The number of aryl methyl sites for hydroxylation is 2. The van der Waals surface area contributed by atoms with Crippen molar-refractivity contribution < 1.29 is 0 Å². The SMILES string of the molecule is c1ccc(CCCN2CCCCC2CCn2ccnc2-c2ccccc2)cc1. The van der Waals surface area contributed by atoms with Gasteiger partial charge < -0.3 is 9.47 Å². The minimum atomic E-state index is 0.704. The first-order valence-corrected chi connectivity index (χ1v) is 10.7. The summed E-state index contributed by atoms with van der Waals surface area (Å²) in [7, 11) is 0. The summed E-state index contributed by atoms with van der Waals surface area (Å²) >= 11 is 0. The molecule has 146 valence electrons. The first-order valence-electron chi connectivity index (χ1n) is 10.7. The summed E-state index contributed by atoms with van der Waals surface area (Å²) in [6.07, 6.45) is 11.8. The molecule has 0 amide bonds. The monoisotopic (exact) mass is 373 g/mol. The maximum atomic E-state index is 4.60. The quantitative estimate of drug-likeness (QED) is 0.525. The van der Waals surface area contributed by atoms with Crippen LogP contribution in [0.5, 0.6) is 0 Å². The molecule has 0 bridgehead atoms. The van der Waals surface area contributed by atoms with E-state index in [1.165, 1.54) is 62.7 Å². The Bertz CT molecular complexity index is 825. The Hall–Kier alpha value is -2.39. The number of rotatable bonds is 8. The van der Waals surface area contributed by atoms with Gasteiger partial charge in [0.05, 0.1) is 0 Å². The van der Waals surface area contributed by atoms with Crippen LogP contribution in [0.15, 0.2) is 73.1 Å². The van der Waals surface area contributed by atoms with Gasteiger partial charge in [0.1, 0.15) is 5.82 Å². The van der Waals surface area contributed by atoms with Gasteiger partial charge in [-0.1, -0.05) is 67.1 Å². The highest BCUT2D eigenvalue weighted by Gasteiger charge is 2.22. The van der Waals surface area contributed by atoms with E-state index in [0.717, 1.165) is 12.4 Å². The summed E-state index contributed by atoms with van der Waals surface area (Å²) in [6.45, 7) is 3.52. The van der Waals surface area contributed by atoms with Gasteiger partial charge in [-0.3, -0.25) is 0 Å². The van der Waals surface area contributed by atoms with E-state index in [1.54, 1.807) is 0 Å². The number of benzene rings is 2. The molecule has 0 saturated carbocycles. The number of piperidine rings is 1. The Balaban J connectivity index is 1.32. The summed E-state index contributed by atoms with van der Waals surface area (Å²) in [5, 5.41) is 0. The van der Waals surface area contributed by atoms with Crippen molar-refractivity contribution in [3.8, 4) is 11.4 Å². The van der Waals surface area contributed by atoms with Crippen molar-refractivity contribution in [2.24, 2.45) is 0 Å². The molecule has 3 heteroatoms. The molecule has 0 radical (unpaired) electrons. The van der Waals surface area contributed by atoms with Crippen LogP contribution < -0.4 is 0 Å². The van der Waals surface area contributed by atoms with Gasteiger partial charge in [-0.05, 0) is 50.8 Å². The van der Waals surface area contributed by atoms with Crippen LogP contribution in [0.2, 0.25) is 0 Å². The Morgan fingerprint density at radius 1 is 0.893 bits per heavy atom. The first kappa shape index (κ1) is 18.9. The number of likely N-dealkylation sites (tertiary alicyclic amines) is 1. The van der Waals surface area contributed by atoms with Crippen molar-refractivity contribution in [2.45, 2.75) is 51.1 Å². The average molecular weight is 374 g/mol. The third-order valence-electron chi connectivity index (χ3n) is 5.95. The van der Waals surface area contributed by atoms with E-state index in [1.807, 2.05) is 6.20 Å². The topological polar surface area (TPSA) is 21.1 Å². The Morgan fingerprint density at radius 3 is 2.50 bits per heavy atom. The second-order valence-electron chi connectivity index (χ2n) is 7.87. The number of hydrogen-bond acceptors (Lipinski definition) is 2. The molecule has 0 N–H and O–H groups in total. The second kappa shape index (κ2) is 9.70. The zero-order valence-electron chi connectivity index (χ0n) is 16.7. The lowest BCUT2D eigenvalue weighted by Gasteiger charge is -2.36. The Kier molecular flexibility index (Phi) is 6.56. The van der Waals surface area contributed by atoms with Crippen LogP contribution in [0.1, 0.15) is 37.7 Å². The van der Waals surface area contributed by atoms with E-state index in [-0.39, 0.29) is 0 Å². The molecule has 3 nitrogen and oxygen atoms in total. The molecule has 1 aliphatic rings. The highest BCUT2D eigenvalue weighted by Crippen LogP contribution is 2.23. The van der Waals surface area contributed by atoms with Gasteiger partial charge in [0.2, 0.25) is 0 Å². The van der Waals surface area contributed by atoms with Gasteiger partial charge in [0.15, 0.2) is 0 Å². The zero-order valence-corrected chi connectivity index (χ0v) is 16.7. The van der Waals surface area contributed by atoms with Gasteiger partial charge in [0, 0.05) is 30.5 Å². The Morgan fingerprint density at radius 2 is 1.68 bits per heavy atom. The van der Waals surface area contributed by atoms with E-state index < -0.39 is 0 Å². The van der Waals surface area contributed by atoms with Crippen LogP contribution in [0.4, 0.5) is 0 Å². The van der Waals surface area contributed by atoms with Crippen LogP contribution in [0.3, 0.4) is 0 Å². The summed E-state index contributed by atoms with van der Waals surface area (Å²) < 4.78 is 2.33. The lowest BCUT2D eigenvalue weighted by atomic mass is 9.98. The van der Waals surface area contributed by atoms with Crippen LogP contribution in [-0.4, -0.2) is 33.6 Å². The molecule has 1 fully saturated rings. The van der Waals surface area contributed by atoms with Gasteiger partial charge in [-0.25, -0.2) is 4.98 Å². The molecule has 1 unspecified atom stereocenters. The summed E-state index contributed by atoms with van der Waals surface area (Å²) in [4.78, 5) is 7.34. The van der Waals surface area contributed by atoms with Crippen LogP contribution in [0.25, 0.3) is 11.4 Å². The summed E-state index contributed by atoms with van der Waals surface area (Å²) in [5.74, 6) is 1.09. The fourth-order valence-electron chi connectivity index (χ4n) is 4.44. The number of hydrogen-bond donors (Lipinski definition) is 0. The maximum Gasteiger partial charge on any atom is 0.139 e. The molecule has 0 spiro atoms. The molecule has 0 aliphatic carbocycles. The van der Waals surface area contributed by atoms with Crippen LogP contribution in [0, 0.1) is 0 Å². The zero-order chi connectivity index (χ0) is 19.0. The molecule has 3 aromatic rings. The van der Waals surface area contributed by atoms with Crippen molar-refractivity contribution in [1.29, 1.82) is 0 Å². The fourth-order valence-corrected chi connectivity index (χ4v) is 4.44. The molecular formula is C25H31N3. The molecule has 1 aromatic heterocycles. The first-order chi connectivity index (χ1) is 13.9. The van der Waals surface area contributed by atoms with Gasteiger partial charge in [-0.2, -0.15) is 0 Å². The summed E-state index contributed by atoms with van der Waals surface area (Å²) in [6, 6.07) is 22.1. The van der Waals surface area contributed by atoms with Crippen LogP contribution in [-0.2, 0) is 13.0 Å². The number of nitrogens with zero attached hydrogens (tertiary/aromatic N) is 3. The molecule has 2 aromatic carbocycles. The lowest BCUT2D eigenvalue weighted by molar-refractivity contribution is 0.135. The lowest BCUT2D eigenvalue weighted by Crippen LogP contribution is -2.40. The van der Waals surface area contributed by atoms with Crippen LogP contribution >= 0.6 is 0 Å². The minimum absolute atomic E-state index is 0.704. The van der Waals surface area contributed by atoms with Gasteiger partial charge in [0.25, 0.3) is 0 Å². The predicted molar refractivity (Wildman–Crippen MR) is 116 cm³/mol. The van der Waals surface area contributed by atoms with Crippen molar-refractivity contribution in [3.63, 3.8) is 0 Å². The van der Waals surface area contributed by atoms with Gasteiger partial charge in [-0.15, -0.1) is 0 Å². The minimum Gasteiger partial charge on any atom is -0.331 e. The predicted octanol–water partition coefficient (Wildman–Crippen LogP) is 5.43. The van der Waals surface area contributed by atoms with E-state index in [0.29, 0.717) is 6.04 Å². The van der Waals surface area contributed by atoms with E-state index >= 15 is 0 Å². The van der Waals surface area contributed by atoms with E-state index in [4.69, 9.17) is 0 Å². The molecule has 1 aliphatic heterocycles.